The number of halogens is 2. The van der Waals surface area contributed by atoms with Gasteiger partial charge in [-0.3, -0.25) is 0 Å². The van der Waals surface area contributed by atoms with Gasteiger partial charge < -0.3 is 5.73 Å². The van der Waals surface area contributed by atoms with Crippen LogP contribution >= 0.6 is 0 Å². The van der Waals surface area contributed by atoms with Gasteiger partial charge in [0, 0.05) is 11.3 Å². The van der Waals surface area contributed by atoms with Crippen LogP contribution in [-0.2, 0) is 6.54 Å². The molecule has 0 saturated carbocycles. The first-order valence-electron chi connectivity index (χ1n) is 5.10. The Morgan fingerprint density at radius 1 is 1.18 bits per heavy atom. The van der Waals surface area contributed by atoms with Crippen LogP contribution < -0.4 is 5.73 Å². The first kappa shape index (κ1) is 11.6. The molecule has 0 spiro atoms. The highest BCUT2D eigenvalue weighted by Crippen LogP contribution is 2.22. The lowest BCUT2D eigenvalue weighted by molar-refractivity contribution is 0.602. The number of aromatic nitrogens is 2. The molecule has 2 rings (SSSR count). The Morgan fingerprint density at radius 2 is 1.94 bits per heavy atom. The lowest BCUT2D eigenvalue weighted by Crippen LogP contribution is -2.05. The highest BCUT2D eigenvalue weighted by molar-refractivity contribution is 5.60. The van der Waals surface area contributed by atoms with Crippen molar-refractivity contribution >= 4 is 0 Å². The lowest BCUT2D eigenvalue weighted by Gasteiger charge is -2.06. The van der Waals surface area contributed by atoms with Gasteiger partial charge in [0.05, 0.1) is 12.2 Å². The number of nitrogens with zero attached hydrogens (tertiary/aromatic N) is 2. The molecule has 17 heavy (non-hydrogen) atoms. The van der Waals surface area contributed by atoms with Crippen molar-refractivity contribution in [3.63, 3.8) is 0 Å². The quantitative estimate of drug-likeness (QED) is 0.868. The Hall–Kier alpha value is -1.88. The van der Waals surface area contributed by atoms with Crippen LogP contribution in [0.25, 0.3) is 11.3 Å². The minimum absolute atomic E-state index is 0.116. The Balaban J connectivity index is 2.59. The topological polar surface area (TPSA) is 51.8 Å². The number of rotatable bonds is 2. The van der Waals surface area contributed by atoms with E-state index >= 15 is 0 Å². The third kappa shape index (κ3) is 2.45. The zero-order chi connectivity index (χ0) is 12.4. The summed E-state index contributed by atoms with van der Waals surface area (Å²) in [5, 5.41) is 0. The van der Waals surface area contributed by atoms with Crippen molar-refractivity contribution in [2.24, 2.45) is 5.73 Å². The summed E-state index contributed by atoms with van der Waals surface area (Å²) in [6, 6.07) is 4.84. The molecular formula is C12H11F2N3. The second kappa shape index (κ2) is 4.55. The third-order valence-electron chi connectivity index (χ3n) is 2.29. The molecule has 1 aromatic carbocycles. The number of aryl methyl sites for hydroxylation is 1. The second-order valence-corrected chi connectivity index (χ2v) is 3.64. The maximum absolute atomic E-state index is 13.6. The van der Waals surface area contributed by atoms with E-state index in [2.05, 4.69) is 9.97 Å². The van der Waals surface area contributed by atoms with E-state index in [-0.39, 0.29) is 12.1 Å². The van der Waals surface area contributed by atoms with E-state index in [1.165, 1.54) is 0 Å². The zero-order valence-electron chi connectivity index (χ0n) is 9.24. The van der Waals surface area contributed by atoms with Crippen LogP contribution in [0.2, 0.25) is 0 Å². The Kier molecular flexibility index (Phi) is 3.10. The van der Waals surface area contributed by atoms with E-state index in [1.54, 1.807) is 13.0 Å². The molecule has 0 atom stereocenters. The van der Waals surface area contributed by atoms with Crippen molar-refractivity contribution in [1.29, 1.82) is 0 Å². The van der Waals surface area contributed by atoms with Crippen LogP contribution in [0, 0.1) is 18.6 Å². The number of hydrogen-bond acceptors (Lipinski definition) is 3. The molecule has 0 unspecified atom stereocenters. The van der Waals surface area contributed by atoms with Crippen LogP contribution in [0.1, 0.15) is 11.5 Å². The smallest absolute Gasteiger partial charge is 0.142 e. The predicted molar refractivity (Wildman–Crippen MR) is 60.0 cm³/mol. The fourth-order valence-corrected chi connectivity index (χ4v) is 1.55. The highest BCUT2D eigenvalue weighted by atomic mass is 19.1. The maximum Gasteiger partial charge on any atom is 0.142 e. The van der Waals surface area contributed by atoms with Crippen molar-refractivity contribution in [2.75, 3.05) is 0 Å². The molecular weight excluding hydrogens is 224 g/mol. The van der Waals surface area contributed by atoms with E-state index in [1.807, 2.05) is 0 Å². The van der Waals surface area contributed by atoms with Gasteiger partial charge in [-0.2, -0.15) is 0 Å². The van der Waals surface area contributed by atoms with Gasteiger partial charge >= 0.3 is 0 Å². The highest BCUT2D eigenvalue weighted by Gasteiger charge is 2.10. The largest absolute Gasteiger partial charge is 0.324 e. The first-order valence-corrected chi connectivity index (χ1v) is 5.10. The van der Waals surface area contributed by atoms with Crippen LogP contribution in [0.3, 0.4) is 0 Å². The molecule has 0 fully saturated rings. The van der Waals surface area contributed by atoms with Crippen molar-refractivity contribution in [1.82, 2.24) is 9.97 Å². The molecule has 0 aliphatic heterocycles. The van der Waals surface area contributed by atoms with Crippen LogP contribution in [0.4, 0.5) is 8.78 Å². The second-order valence-electron chi connectivity index (χ2n) is 3.64. The Bertz CT molecular complexity index is 555. The van der Waals surface area contributed by atoms with Gasteiger partial charge in [0.2, 0.25) is 0 Å². The summed E-state index contributed by atoms with van der Waals surface area (Å²) < 4.78 is 26.6. The van der Waals surface area contributed by atoms with Gasteiger partial charge in [0.15, 0.2) is 0 Å². The van der Waals surface area contributed by atoms with Crippen molar-refractivity contribution in [3.05, 3.63) is 47.4 Å². The molecule has 2 aromatic rings. The van der Waals surface area contributed by atoms with Crippen LogP contribution in [0.5, 0.6) is 0 Å². The number of nitrogens with two attached hydrogens (primary N) is 1. The van der Waals surface area contributed by atoms with Gasteiger partial charge in [-0.1, -0.05) is 0 Å². The summed E-state index contributed by atoms with van der Waals surface area (Å²) >= 11 is 0. The molecule has 1 heterocycles. The average molecular weight is 235 g/mol. The summed E-state index contributed by atoms with van der Waals surface area (Å²) in [7, 11) is 0. The summed E-state index contributed by atoms with van der Waals surface area (Å²) in [6.45, 7) is 1.91. The summed E-state index contributed by atoms with van der Waals surface area (Å²) in [5.41, 5.74) is 6.57. The van der Waals surface area contributed by atoms with Crippen molar-refractivity contribution < 1.29 is 8.78 Å². The van der Waals surface area contributed by atoms with Crippen molar-refractivity contribution in [2.45, 2.75) is 13.5 Å². The summed E-state index contributed by atoms with van der Waals surface area (Å²) in [6.07, 6.45) is 0. The van der Waals surface area contributed by atoms with Gasteiger partial charge in [-0.25, -0.2) is 18.7 Å². The molecule has 0 aliphatic carbocycles. The average Bonchev–Trinajstić information content (AvgIpc) is 2.31. The Labute approximate surface area is 97.3 Å². The minimum Gasteiger partial charge on any atom is -0.324 e. The molecule has 0 radical (unpaired) electrons. The van der Waals surface area contributed by atoms with E-state index in [0.717, 1.165) is 18.2 Å². The monoisotopic (exact) mass is 235 g/mol. The van der Waals surface area contributed by atoms with E-state index in [4.69, 9.17) is 5.73 Å². The van der Waals surface area contributed by atoms with E-state index in [0.29, 0.717) is 17.2 Å². The molecule has 88 valence electrons. The maximum atomic E-state index is 13.6. The normalized spacial score (nSPS) is 10.6. The summed E-state index contributed by atoms with van der Waals surface area (Å²) in [4.78, 5) is 8.16. The SMILES string of the molecule is Cc1cc(-c2cc(F)ccc2F)nc(CN)n1. The predicted octanol–water partition coefficient (Wildman–Crippen LogP) is 2.19. The fourth-order valence-electron chi connectivity index (χ4n) is 1.55. The van der Waals surface area contributed by atoms with Crippen molar-refractivity contribution in [3.8, 4) is 11.3 Å². The van der Waals surface area contributed by atoms with E-state index < -0.39 is 11.6 Å². The lowest BCUT2D eigenvalue weighted by atomic mass is 10.1. The number of benzene rings is 1. The third-order valence-corrected chi connectivity index (χ3v) is 2.29. The fraction of sp³-hybridized carbons (Fsp3) is 0.167. The Morgan fingerprint density at radius 3 is 2.65 bits per heavy atom. The molecule has 3 nitrogen and oxygen atoms in total. The van der Waals surface area contributed by atoms with Gasteiger partial charge in [0.1, 0.15) is 17.5 Å². The standard InChI is InChI=1S/C12H11F2N3/c1-7-4-11(17-12(6-15)16-7)9-5-8(13)2-3-10(9)14/h2-5H,6,15H2,1H3. The summed E-state index contributed by atoms with van der Waals surface area (Å²) in [5.74, 6) is -0.622. The molecule has 0 aliphatic rings. The molecule has 0 amide bonds. The number of hydrogen-bond donors (Lipinski definition) is 1. The van der Waals surface area contributed by atoms with Gasteiger partial charge in [0.25, 0.3) is 0 Å². The van der Waals surface area contributed by atoms with Crippen LogP contribution in [-0.4, -0.2) is 9.97 Å². The van der Waals surface area contributed by atoms with Gasteiger partial charge in [-0.15, -0.1) is 0 Å². The van der Waals surface area contributed by atoms with Crippen LogP contribution in [0.15, 0.2) is 24.3 Å². The van der Waals surface area contributed by atoms with E-state index in [9.17, 15) is 8.78 Å². The molecule has 5 heteroatoms. The minimum atomic E-state index is -0.521. The zero-order valence-corrected chi connectivity index (χ0v) is 9.24. The molecule has 0 bridgehead atoms. The van der Waals surface area contributed by atoms with Gasteiger partial charge in [-0.05, 0) is 31.2 Å². The molecule has 0 saturated heterocycles. The molecule has 1 aromatic heterocycles. The first-order chi connectivity index (χ1) is 8.10. The molecule has 2 N–H and O–H groups in total.